The van der Waals surface area contributed by atoms with Crippen LogP contribution in [-0.2, 0) is 35.9 Å². The summed E-state index contributed by atoms with van der Waals surface area (Å²) in [6.07, 6.45) is 7.09. The lowest BCUT2D eigenvalue weighted by Crippen LogP contribution is -2.44. The van der Waals surface area contributed by atoms with Crippen molar-refractivity contribution in [3.05, 3.63) is 45.8 Å². The first kappa shape index (κ1) is 39.0. The molecule has 0 aliphatic heterocycles. The molecule has 0 bridgehead atoms. The molecule has 4 heterocycles. The molecule has 0 unspecified atom stereocenters. The molecule has 49 heavy (non-hydrogen) atoms. The van der Waals surface area contributed by atoms with Gasteiger partial charge in [-0.15, -0.1) is 5.10 Å². The van der Waals surface area contributed by atoms with E-state index in [1.54, 1.807) is 30.3 Å². The van der Waals surface area contributed by atoms with Gasteiger partial charge in [0.05, 0.1) is 64.0 Å². The summed E-state index contributed by atoms with van der Waals surface area (Å²) in [6.45, 7) is 28.9. The van der Waals surface area contributed by atoms with Gasteiger partial charge in [-0.05, 0) is 81.0 Å². The van der Waals surface area contributed by atoms with Crippen molar-refractivity contribution in [2.45, 2.75) is 112 Å². The summed E-state index contributed by atoms with van der Waals surface area (Å²) in [5.41, 5.74) is 4.98. The Morgan fingerprint density at radius 1 is 1.06 bits per heavy atom. The molecule has 0 amide bonds. The number of fused-ring (bicyclic) bond motifs is 1. The number of imidazole rings is 1. The van der Waals surface area contributed by atoms with E-state index in [1.807, 2.05) is 31.5 Å². The summed E-state index contributed by atoms with van der Waals surface area (Å²) in [4.78, 5) is 11.5. The fraction of sp³-hybridized carbons (Fsp3) is 0.600. The molecule has 0 aromatic carbocycles. The number of methoxy groups -OCH3 is 1. The monoisotopic (exact) mass is 806 g/mol. The van der Waals surface area contributed by atoms with E-state index in [9.17, 15) is 0 Å². The van der Waals surface area contributed by atoms with Crippen LogP contribution in [0.4, 0.5) is 0 Å². The third kappa shape index (κ3) is 9.12. The standard InChI is InChI=1S/C35H55IN8O4Si/c1-14-26-16-38-30-17-37-27(20-43(26)30)31-28(22-45-11)39-41(10)34(31)47-24(5)18-42(15-2)21-29-32(36)33(46-23(3)4)40-44(29)19-25(6)48-49(12,13)35(7,8)9/h14,16-17,20,23-25H,1,15,18-19,21-22H2,2-13H3/t24-,25-/m0/s1. The van der Waals surface area contributed by atoms with E-state index in [2.05, 4.69) is 98.4 Å². The maximum absolute atomic E-state index is 6.73. The summed E-state index contributed by atoms with van der Waals surface area (Å²) in [5, 5.41) is 9.83. The first-order valence-electron chi connectivity index (χ1n) is 17.0. The van der Waals surface area contributed by atoms with Gasteiger partial charge in [0.2, 0.25) is 11.8 Å². The number of halogens is 1. The second-order valence-electron chi connectivity index (χ2n) is 14.4. The van der Waals surface area contributed by atoms with E-state index >= 15 is 0 Å². The second-order valence-corrected chi connectivity index (χ2v) is 20.3. The topological polar surface area (TPSA) is 106 Å². The number of aryl methyl sites for hydroxylation is 1. The van der Waals surface area contributed by atoms with Crippen molar-refractivity contribution in [2.24, 2.45) is 7.05 Å². The largest absolute Gasteiger partial charge is 0.473 e. The first-order valence-corrected chi connectivity index (χ1v) is 21.0. The second kappa shape index (κ2) is 16.0. The molecule has 0 aliphatic carbocycles. The van der Waals surface area contributed by atoms with Crippen molar-refractivity contribution >= 4 is 42.6 Å². The molecule has 0 spiro atoms. The van der Waals surface area contributed by atoms with Crippen LogP contribution in [0.1, 0.15) is 72.5 Å². The van der Waals surface area contributed by atoms with Gasteiger partial charge in [-0.2, -0.15) is 5.10 Å². The minimum absolute atomic E-state index is 0.00171. The van der Waals surface area contributed by atoms with Crippen molar-refractivity contribution in [3.8, 4) is 23.0 Å². The van der Waals surface area contributed by atoms with E-state index < -0.39 is 8.32 Å². The maximum Gasteiger partial charge on any atom is 0.246 e. The summed E-state index contributed by atoms with van der Waals surface area (Å²) < 4.78 is 31.9. The van der Waals surface area contributed by atoms with Gasteiger partial charge in [0.15, 0.2) is 14.0 Å². The van der Waals surface area contributed by atoms with Crippen molar-refractivity contribution in [3.63, 3.8) is 0 Å². The van der Waals surface area contributed by atoms with E-state index in [4.69, 9.17) is 33.8 Å². The first-order chi connectivity index (χ1) is 23.0. The molecular formula is C35H55IN8O4Si. The molecule has 14 heteroatoms. The summed E-state index contributed by atoms with van der Waals surface area (Å²) in [7, 11) is 1.59. The number of rotatable bonds is 17. The average Bonchev–Trinajstić information content (AvgIpc) is 3.64. The Morgan fingerprint density at radius 3 is 2.39 bits per heavy atom. The lowest BCUT2D eigenvalue weighted by molar-refractivity contribution is 0.131. The Bertz CT molecular complexity index is 1720. The molecule has 0 saturated carbocycles. The highest BCUT2D eigenvalue weighted by Crippen LogP contribution is 2.38. The van der Waals surface area contributed by atoms with Crippen LogP contribution in [0.2, 0.25) is 18.1 Å². The minimum Gasteiger partial charge on any atom is -0.473 e. The molecule has 0 aliphatic rings. The fourth-order valence-corrected chi connectivity index (χ4v) is 7.62. The highest BCUT2D eigenvalue weighted by atomic mass is 127. The average molecular weight is 807 g/mol. The van der Waals surface area contributed by atoms with Crippen molar-refractivity contribution < 1.29 is 18.6 Å². The minimum atomic E-state index is -1.95. The van der Waals surface area contributed by atoms with Gasteiger partial charge in [-0.1, -0.05) is 34.3 Å². The van der Waals surface area contributed by atoms with Crippen LogP contribution < -0.4 is 9.47 Å². The Hall–Kier alpha value is -2.79. The molecule has 0 N–H and O–H groups in total. The number of hydrogen-bond donors (Lipinski definition) is 0. The predicted octanol–water partition coefficient (Wildman–Crippen LogP) is 7.21. The molecule has 0 fully saturated rings. The number of likely N-dealkylation sites (N-methyl/N-ethyl adjacent to an activating group) is 1. The van der Waals surface area contributed by atoms with Gasteiger partial charge >= 0.3 is 0 Å². The van der Waals surface area contributed by atoms with E-state index in [-0.39, 0.29) is 23.4 Å². The van der Waals surface area contributed by atoms with Gasteiger partial charge in [0.1, 0.15) is 11.8 Å². The zero-order chi connectivity index (χ0) is 36.3. The highest BCUT2D eigenvalue weighted by Gasteiger charge is 2.38. The van der Waals surface area contributed by atoms with Crippen LogP contribution >= 0.6 is 22.6 Å². The van der Waals surface area contributed by atoms with Gasteiger partial charge in [0, 0.05) is 33.4 Å². The zero-order valence-corrected chi connectivity index (χ0v) is 34.5. The molecular weight excluding hydrogens is 751 g/mol. The van der Waals surface area contributed by atoms with Crippen LogP contribution in [-0.4, -0.2) is 85.7 Å². The third-order valence-corrected chi connectivity index (χ3v) is 14.6. The summed E-state index contributed by atoms with van der Waals surface area (Å²) >= 11 is 2.38. The quantitative estimate of drug-likeness (QED) is 0.0809. The van der Waals surface area contributed by atoms with Crippen molar-refractivity contribution in [1.29, 1.82) is 0 Å². The lowest BCUT2D eigenvalue weighted by Gasteiger charge is -2.38. The highest BCUT2D eigenvalue weighted by molar-refractivity contribution is 14.1. The van der Waals surface area contributed by atoms with Crippen LogP contribution in [0, 0.1) is 3.57 Å². The molecule has 4 rings (SSSR count). The molecule has 0 radical (unpaired) electrons. The van der Waals surface area contributed by atoms with Gasteiger partial charge in [-0.3, -0.25) is 19.0 Å². The van der Waals surface area contributed by atoms with E-state index in [0.717, 1.165) is 38.4 Å². The van der Waals surface area contributed by atoms with E-state index in [1.165, 1.54) is 0 Å². The van der Waals surface area contributed by atoms with Crippen LogP contribution in [0.3, 0.4) is 0 Å². The zero-order valence-electron chi connectivity index (χ0n) is 31.4. The molecule has 4 aromatic heterocycles. The molecule has 2 atom stereocenters. The molecule has 270 valence electrons. The fourth-order valence-electron chi connectivity index (χ4n) is 5.50. The molecule has 12 nitrogen and oxygen atoms in total. The Kier molecular flexibility index (Phi) is 12.8. The van der Waals surface area contributed by atoms with Crippen LogP contribution in [0.5, 0.6) is 11.8 Å². The normalized spacial score (nSPS) is 13.9. The van der Waals surface area contributed by atoms with Gasteiger partial charge in [-0.25, -0.2) is 9.67 Å². The van der Waals surface area contributed by atoms with E-state index in [0.29, 0.717) is 43.7 Å². The van der Waals surface area contributed by atoms with Crippen LogP contribution in [0.25, 0.3) is 23.0 Å². The maximum atomic E-state index is 6.73. The van der Waals surface area contributed by atoms with Crippen LogP contribution in [0.15, 0.2) is 25.2 Å². The van der Waals surface area contributed by atoms with Gasteiger partial charge in [0.25, 0.3) is 0 Å². The van der Waals surface area contributed by atoms with Crippen molar-refractivity contribution in [1.82, 2.24) is 38.8 Å². The lowest BCUT2D eigenvalue weighted by atomic mass is 10.2. The molecule has 0 saturated heterocycles. The van der Waals surface area contributed by atoms with Gasteiger partial charge < -0.3 is 18.6 Å². The Balaban J connectivity index is 1.59. The number of nitrogens with zero attached hydrogens (tertiary/aromatic N) is 8. The number of hydrogen-bond acceptors (Lipinski definition) is 9. The SMILES string of the molecule is C=Cc1cnc2cnc(-c3c(COC)nn(C)c3O[C@@H](C)CN(CC)Cc3c(I)c(OC(C)C)nn3C[C@H](C)O[Si](C)(C)C(C)(C)C)cn12. The smallest absolute Gasteiger partial charge is 0.246 e. The predicted molar refractivity (Wildman–Crippen MR) is 205 cm³/mol. The molecule has 4 aromatic rings. The number of ether oxygens (including phenoxy) is 3. The Labute approximate surface area is 306 Å². The van der Waals surface area contributed by atoms with Crippen molar-refractivity contribution in [2.75, 3.05) is 20.2 Å². The number of aromatic nitrogens is 7. The summed E-state index contributed by atoms with van der Waals surface area (Å²) in [5.74, 6) is 1.30. The third-order valence-electron chi connectivity index (χ3n) is 8.93. The Morgan fingerprint density at radius 2 is 1.78 bits per heavy atom. The summed E-state index contributed by atoms with van der Waals surface area (Å²) in [6, 6.07) is 0.